The van der Waals surface area contributed by atoms with Crippen LogP contribution in [0.25, 0.3) is 0 Å². The summed E-state index contributed by atoms with van der Waals surface area (Å²) in [6.45, 7) is 1.28. The number of nitrogens with one attached hydrogen (secondary N) is 1. The van der Waals surface area contributed by atoms with E-state index in [1.54, 1.807) is 24.3 Å². The summed E-state index contributed by atoms with van der Waals surface area (Å²) in [6.07, 6.45) is 4.23. The molecular weight excluding hydrogens is 547 g/mol. The molecule has 2 aliphatic rings. The van der Waals surface area contributed by atoms with E-state index in [2.05, 4.69) is 22.1 Å². The van der Waals surface area contributed by atoms with Crippen molar-refractivity contribution in [3.05, 3.63) is 123 Å². The first-order valence-corrected chi connectivity index (χ1v) is 13.0. The number of hydrogen-bond donors (Lipinski definition) is 1. The standard InChI is InChI=1S/C30H21F5N2O2S/c1-18-2-11-23(25(33)14-24(18)32)29(17-39-29)30(34,35)27-13-6-20(15-36-27)5-9-22-10-12-26(40-22)28(38)37-16-19-3-7-21(31)8-4-19/h2-4,6-8,10-15,18H,16-17H2,1H3,(H,37,38)/t18-,29?/m0/s1. The molecule has 40 heavy (non-hydrogen) atoms. The number of ether oxygens (including phenoxy) is 1. The molecule has 2 aromatic heterocycles. The van der Waals surface area contributed by atoms with Crippen molar-refractivity contribution in [1.29, 1.82) is 0 Å². The highest BCUT2D eigenvalue weighted by Crippen LogP contribution is 2.55. The lowest BCUT2D eigenvalue weighted by Crippen LogP contribution is -2.37. The van der Waals surface area contributed by atoms with E-state index >= 15 is 8.78 Å². The molecule has 1 aliphatic carbocycles. The van der Waals surface area contributed by atoms with Gasteiger partial charge in [0.2, 0.25) is 0 Å². The van der Waals surface area contributed by atoms with Crippen molar-refractivity contribution in [2.45, 2.75) is 25.0 Å². The molecular formula is C30H21F5N2O2S. The number of carbonyl (C=O) groups excluding carboxylic acids is 1. The van der Waals surface area contributed by atoms with Gasteiger partial charge in [0, 0.05) is 35.9 Å². The molecule has 2 atom stereocenters. The summed E-state index contributed by atoms with van der Waals surface area (Å²) in [5.74, 6) is -1.30. The van der Waals surface area contributed by atoms with Crippen LogP contribution in [0.4, 0.5) is 22.0 Å². The van der Waals surface area contributed by atoms with Crippen LogP contribution in [-0.2, 0) is 17.2 Å². The van der Waals surface area contributed by atoms with Crippen LogP contribution >= 0.6 is 11.3 Å². The van der Waals surface area contributed by atoms with Gasteiger partial charge in [-0.3, -0.25) is 9.78 Å². The van der Waals surface area contributed by atoms with Crippen molar-refractivity contribution in [3.63, 3.8) is 0 Å². The van der Waals surface area contributed by atoms with Crippen molar-refractivity contribution in [1.82, 2.24) is 10.3 Å². The fourth-order valence-corrected chi connectivity index (χ4v) is 4.82. The highest BCUT2D eigenvalue weighted by molar-refractivity contribution is 7.14. The summed E-state index contributed by atoms with van der Waals surface area (Å²) in [4.78, 5) is 17.3. The van der Waals surface area contributed by atoms with Gasteiger partial charge in [0.05, 0.1) is 16.4 Å². The smallest absolute Gasteiger partial charge is 0.324 e. The number of alkyl halides is 2. The lowest BCUT2D eigenvalue weighted by Gasteiger charge is -2.24. The van der Waals surface area contributed by atoms with Gasteiger partial charge in [-0.1, -0.05) is 43.0 Å². The van der Waals surface area contributed by atoms with Crippen LogP contribution in [0.5, 0.6) is 0 Å². The van der Waals surface area contributed by atoms with E-state index in [0.717, 1.165) is 29.0 Å². The Balaban J connectivity index is 1.27. The van der Waals surface area contributed by atoms with Crippen molar-refractivity contribution < 1.29 is 31.5 Å². The molecule has 10 heteroatoms. The number of aromatic nitrogens is 1. The molecule has 0 bridgehead atoms. The molecule has 0 spiro atoms. The van der Waals surface area contributed by atoms with Crippen LogP contribution in [0.3, 0.4) is 0 Å². The highest BCUT2D eigenvalue weighted by Gasteiger charge is 2.68. The van der Waals surface area contributed by atoms with E-state index in [1.807, 2.05) is 0 Å². The van der Waals surface area contributed by atoms with Crippen LogP contribution in [-0.4, -0.2) is 23.1 Å². The Morgan fingerprint density at radius 2 is 1.88 bits per heavy atom. The highest BCUT2D eigenvalue weighted by atomic mass is 32.1. The maximum Gasteiger partial charge on any atom is 0.324 e. The monoisotopic (exact) mass is 568 g/mol. The van der Waals surface area contributed by atoms with Crippen LogP contribution in [0.15, 0.2) is 90.2 Å². The Morgan fingerprint density at radius 1 is 1.12 bits per heavy atom. The van der Waals surface area contributed by atoms with Crippen molar-refractivity contribution in [3.8, 4) is 11.8 Å². The molecule has 1 aromatic carbocycles. The third-order valence-electron chi connectivity index (χ3n) is 6.50. The van der Waals surface area contributed by atoms with Crippen molar-refractivity contribution >= 4 is 17.2 Å². The lowest BCUT2D eigenvalue weighted by atomic mass is 9.89. The molecule has 3 aromatic rings. The lowest BCUT2D eigenvalue weighted by molar-refractivity contribution is -0.0702. The molecule has 1 aliphatic heterocycles. The Morgan fingerprint density at radius 3 is 2.55 bits per heavy atom. The number of pyridine rings is 1. The minimum atomic E-state index is -3.70. The van der Waals surface area contributed by atoms with Gasteiger partial charge in [-0.05, 0) is 42.0 Å². The van der Waals surface area contributed by atoms with Crippen LogP contribution in [0.1, 0.15) is 38.3 Å². The van der Waals surface area contributed by atoms with E-state index in [9.17, 15) is 18.0 Å². The van der Waals surface area contributed by atoms with Gasteiger partial charge >= 0.3 is 5.92 Å². The van der Waals surface area contributed by atoms with E-state index in [1.165, 1.54) is 37.4 Å². The number of amides is 1. The van der Waals surface area contributed by atoms with Gasteiger partial charge in [-0.25, -0.2) is 13.2 Å². The summed E-state index contributed by atoms with van der Waals surface area (Å²) in [7, 11) is 0. The molecule has 1 fully saturated rings. The number of nitrogens with zero attached hydrogens (tertiary/aromatic N) is 1. The summed E-state index contributed by atoms with van der Waals surface area (Å²) in [5.41, 5.74) is -2.25. The Labute approximate surface area is 230 Å². The average Bonchev–Trinajstić information content (AvgIpc) is 3.64. The number of epoxide rings is 1. The number of benzene rings is 1. The Hall–Kier alpha value is -4.07. The molecule has 3 heterocycles. The molecule has 0 saturated carbocycles. The fraction of sp³-hybridized carbons (Fsp3) is 0.200. The molecule has 0 radical (unpaired) electrons. The molecule has 1 saturated heterocycles. The van der Waals surface area contributed by atoms with Crippen LogP contribution in [0.2, 0.25) is 0 Å². The number of hydrogen-bond acceptors (Lipinski definition) is 4. The third-order valence-corrected chi connectivity index (χ3v) is 7.49. The van der Waals surface area contributed by atoms with E-state index in [0.29, 0.717) is 21.4 Å². The predicted molar refractivity (Wildman–Crippen MR) is 140 cm³/mol. The van der Waals surface area contributed by atoms with E-state index in [4.69, 9.17) is 4.74 Å². The first kappa shape index (κ1) is 27.5. The maximum absolute atomic E-state index is 15.5. The Bertz CT molecular complexity index is 1590. The summed E-state index contributed by atoms with van der Waals surface area (Å²) in [6, 6.07) is 11.5. The average molecular weight is 569 g/mol. The minimum Gasteiger partial charge on any atom is -0.357 e. The molecule has 204 valence electrons. The fourth-order valence-electron chi connectivity index (χ4n) is 4.04. The SMILES string of the molecule is C[C@H]1C=CC(C2(C(F)(F)c3ccc(C#Cc4ccc(C(=O)NCc5ccc(F)cc5)s4)cn3)CO2)=C(F)C=C1F. The first-order valence-electron chi connectivity index (χ1n) is 12.2. The summed E-state index contributed by atoms with van der Waals surface area (Å²) < 4.78 is 77.7. The van der Waals surface area contributed by atoms with Gasteiger partial charge in [-0.2, -0.15) is 8.78 Å². The third kappa shape index (κ3) is 5.48. The van der Waals surface area contributed by atoms with E-state index in [-0.39, 0.29) is 18.3 Å². The Kier molecular flexibility index (Phi) is 7.45. The zero-order valence-corrected chi connectivity index (χ0v) is 21.8. The second-order valence-electron chi connectivity index (χ2n) is 9.28. The molecule has 5 rings (SSSR count). The van der Waals surface area contributed by atoms with Crippen LogP contribution < -0.4 is 5.32 Å². The second kappa shape index (κ2) is 10.8. The summed E-state index contributed by atoms with van der Waals surface area (Å²) >= 11 is 1.15. The number of carbonyl (C=O) groups is 1. The number of thiophene rings is 1. The summed E-state index contributed by atoms with van der Waals surface area (Å²) in [5, 5.41) is 2.75. The van der Waals surface area contributed by atoms with Crippen LogP contribution in [0, 0.1) is 23.6 Å². The number of halogens is 5. The second-order valence-corrected chi connectivity index (χ2v) is 10.4. The van der Waals surface area contributed by atoms with Crippen molar-refractivity contribution in [2.75, 3.05) is 6.61 Å². The van der Waals surface area contributed by atoms with Gasteiger partial charge in [0.25, 0.3) is 5.91 Å². The van der Waals surface area contributed by atoms with Crippen molar-refractivity contribution in [2.24, 2.45) is 5.92 Å². The molecule has 1 N–H and O–H groups in total. The first-order chi connectivity index (χ1) is 19.1. The van der Waals surface area contributed by atoms with Gasteiger partial charge in [0.15, 0.2) is 5.60 Å². The van der Waals surface area contributed by atoms with Gasteiger partial charge < -0.3 is 10.1 Å². The molecule has 4 nitrogen and oxygen atoms in total. The van der Waals surface area contributed by atoms with E-state index < -0.39 is 47.0 Å². The zero-order chi connectivity index (χ0) is 28.5. The maximum atomic E-state index is 15.5. The number of rotatable bonds is 6. The predicted octanol–water partition coefficient (Wildman–Crippen LogP) is 6.76. The topological polar surface area (TPSA) is 54.5 Å². The zero-order valence-electron chi connectivity index (χ0n) is 21.0. The minimum absolute atomic E-state index is 0.236. The molecule has 1 amide bonds. The molecule has 1 unspecified atom stereocenters. The normalized spacial score (nSPS) is 20.4. The van der Waals surface area contributed by atoms with Gasteiger partial charge in [0.1, 0.15) is 23.2 Å². The number of allylic oxidation sites excluding steroid dienone is 4. The van der Waals surface area contributed by atoms with Gasteiger partial charge in [-0.15, -0.1) is 11.3 Å². The quantitative estimate of drug-likeness (QED) is 0.203. The largest absolute Gasteiger partial charge is 0.357 e.